The van der Waals surface area contributed by atoms with Crippen LogP contribution in [0.4, 0.5) is 0 Å². The van der Waals surface area contributed by atoms with Crippen molar-refractivity contribution < 1.29 is 9.84 Å². The maximum Gasteiger partial charge on any atom is 0.118 e. The molecule has 0 spiro atoms. The molecule has 0 amide bonds. The molecule has 78 valence electrons. The summed E-state index contributed by atoms with van der Waals surface area (Å²) in [6, 6.07) is 7.99. The first-order chi connectivity index (χ1) is 6.76. The van der Waals surface area contributed by atoms with E-state index in [2.05, 4.69) is 0 Å². The van der Waals surface area contributed by atoms with Crippen LogP contribution in [-0.2, 0) is 6.42 Å². The van der Waals surface area contributed by atoms with Gasteiger partial charge in [-0.15, -0.1) is 0 Å². The number of benzene rings is 1. The lowest BCUT2D eigenvalue weighted by atomic mass is 10.1. The van der Waals surface area contributed by atoms with Crippen molar-refractivity contribution in [1.29, 1.82) is 0 Å². The molecule has 0 aliphatic heterocycles. The van der Waals surface area contributed by atoms with Crippen molar-refractivity contribution in [2.24, 2.45) is 0 Å². The standard InChI is InChI=1S/C12H18O2/c1-3-11(13)7-4-10-5-8-12(14-2)9-6-10/h5-6,8-9,11,13H,3-4,7H2,1-2H3/t11-/m0/s1. The molecule has 0 radical (unpaired) electrons. The molecule has 0 unspecified atom stereocenters. The number of hydrogen-bond donors (Lipinski definition) is 1. The van der Waals surface area contributed by atoms with Crippen molar-refractivity contribution in [3.05, 3.63) is 29.8 Å². The number of methoxy groups -OCH3 is 1. The summed E-state index contributed by atoms with van der Waals surface area (Å²) >= 11 is 0. The van der Waals surface area contributed by atoms with Crippen molar-refractivity contribution in [1.82, 2.24) is 0 Å². The second-order valence-corrected chi connectivity index (χ2v) is 3.45. The number of aryl methyl sites for hydroxylation is 1. The summed E-state index contributed by atoms with van der Waals surface area (Å²) in [6.45, 7) is 2.00. The predicted molar refractivity (Wildman–Crippen MR) is 57.6 cm³/mol. The quantitative estimate of drug-likeness (QED) is 0.780. The van der Waals surface area contributed by atoms with Crippen molar-refractivity contribution in [2.75, 3.05) is 7.11 Å². The second-order valence-electron chi connectivity index (χ2n) is 3.45. The van der Waals surface area contributed by atoms with Gasteiger partial charge in [0.25, 0.3) is 0 Å². The molecule has 2 nitrogen and oxygen atoms in total. The van der Waals surface area contributed by atoms with Crippen LogP contribution in [0, 0.1) is 0 Å². The molecule has 0 aliphatic carbocycles. The number of ether oxygens (including phenoxy) is 1. The molecular formula is C12H18O2. The molecule has 0 heterocycles. The van der Waals surface area contributed by atoms with Crippen LogP contribution >= 0.6 is 0 Å². The molecule has 1 aromatic rings. The molecule has 0 saturated carbocycles. The fraction of sp³-hybridized carbons (Fsp3) is 0.500. The zero-order valence-electron chi connectivity index (χ0n) is 8.86. The van der Waals surface area contributed by atoms with Gasteiger partial charge in [0.1, 0.15) is 5.75 Å². The average Bonchev–Trinajstić information content (AvgIpc) is 2.26. The van der Waals surface area contributed by atoms with Crippen molar-refractivity contribution in [2.45, 2.75) is 32.3 Å². The van der Waals surface area contributed by atoms with Crippen LogP contribution in [-0.4, -0.2) is 18.3 Å². The van der Waals surface area contributed by atoms with Crippen molar-refractivity contribution in [3.63, 3.8) is 0 Å². The summed E-state index contributed by atoms with van der Waals surface area (Å²) in [4.78, 5) is 0. The van der Waals surface area contributed by atoms with E-state index in [1.807, 2.05) is 31.2 Å². The number of aliphatic hydroxyl groups excluding tert-OH is 1. The highest BCUT2D eigenvalue weighted by molar-refractivity contribution is 5.27. The van der Waals surface area contributed by atoms with E-state index in [1.165, 1.54) is 5.56 Å². The predicted octanol–water partition coefficient (Wildman–Crippen LogP) is 2.40. The Morgan fingerprint density at radius 2 is 1.93 bits per heavy atom. The van der Waals surface area contributed by atoms with Gasteiger partial charge in [-0.3, -0.25) is 0 Å². The Kier molecular flexibility index (Phi) is 4.47. The van der Waals surface area contributed by atoms with Gasteiger partial charge < -0.3 is 9.84 Å². The molecule has 0 aliphatic rings. The Morgan fingerprint density at radius 1 is 1.29 bits per heavy atom. The molecule has 1 atom stereocenters. The lowest BCUT2D eigenvalue weighted by Gasteiger charge is -2.07. The Labute approximate surface area is 85.5 Å². The maximum absolute atomic E-state index is 9.40. The van der Waals surface area contributed by atoms with Gasteiger partial charge in [0, 0.05) is 0 Å². The minimum Gasteiger partial charge on any atom is -0.497 e. The number of rotatable bonds is 5. The van der Waals surface area contributed by atoms with Gasteiger partial charge in [-0.25, -0.2) is 0 Å². The highest BCUT2D eigenvalue weighted by Crippen LogP contribution is 2.13. The minimum absolute atomic E-state index is 0.169. The van der Waals surface area contributed by atoms with E-state index in [9.17, 15) is 5.11 Å². The highest BCUT2D eigenvalue weighted by atomic mass is 16.5. The zero-order valence-corrected chi connectivity index (χ0v) is 8.86. The Bertz CT molecular complexity index is 254. The zero-order chi connectivity index (χ0) is 10.4. The van der Waals surface area contributed by atoms with E-state index in [4.69, 9.17) is 4.74 Å². The fourth-order valence-corrected chi connectivity index (χ4v) is 1.33. The van der Waals surface area contributed by atoms with Gasteiger partial charge in [0.15, 0.2) is 0 Å². The molecule has 0 fully saturated rings. The molecule has 1 aromatic carbocycles. The third kappa shape index (κ3) is 3.38. The van der Waals surface area contributed by atoms with E-state index >= 15 is 0 Å². The molecule has 0 bridgehead atoms. The largest absolute Gasteiger partial charge is 0.497 e. The van der Waals surface area contributed by atoms with E-state index in [0.29, 0.717) is 0 Å². The second kappa shape index (κ2) is 5.66. The fourth-order valence-electron chi connectivity index (χ4n) is 1.33. The van der Waals surface area contributed by atoms with Crippen LogP contribution in [0.1, 0.15) is 25.3 Å². The molecule has 1 rings (SSSR count). The van der Waals surface area contributed by atoms with Crippen molar-refractivity contribution in [3.8, 4) is 5.75 Å². The summed E-state index contributed by atoms with van der Waals surface area (Å²) in [6.07, 6.45) is 2.43. The summed E-state index contributed by atoms with van der Waals surface area (Å²) in [5, 5.41) is 9.40. The molecule has 14 heavy (non-hydrogen) atoms. The minimum atomic E-state index is -0.169. The average molecular weight is 194 g/mol. The first kappa shape index (κ1) is 11.1. The number of aliphatic hydroxyl groups is 1. The molecule has 2 heteroatoms. The summed E-state index contributed by atoms with van der Waals surface area (Å²) in [5.74, 6) is 0.879. The molecular weight excluding hydrogens is 176 g/mol. The Balaban J connectivity index is 2.43. The lowest BCUT2D eigenvalue weighted by Crippen LogP contribution is -2.05. The van der Waals surface area contributed by atoms with Crippen LogP contribution in [0.3, 0.4) is 0 Å². The monoisotopic (exact) mass is 194 g/mol. The first-order valence-corrected chi connectivity index (χ1v) is 5.07. The molecule has 1 N–H and O–H groups in total. The summed E-state index contributed by atoms with van der Waals surface area (Å²) < 4.78 is 5.07. The third-order valence-electron chi connectivity index (χ3n) is 2.40. The van der Waals surface area contributed by atoms with Gasteiger partial charge in [-0.2, -0.15) is 0 Å². The Hall–Kier alpha value is -1.02. The first-order valence-electron chi connectivity index (χ1n) is 5.07. The summed E-state index contributed by atoms with van der Waals surface area (Å²) in [5.41, 5.74) is 1.25. The van der Waals surface area contributed by atoms with Gasteiger partial charge in [0.05, 0.1) is 13.2 Å². The van der Waals surface area contributed by atoms with Gasteiger partial charge in [-0.05, 0) is 37.0 Å². The van der Waals surface area contributed by atoms with Crippen LogP contribution < -0.4 is 4.74 Å². The highest BCUT2D eigenvalue weighted by Gasteiger charge is 2.01. The Morgan fingerprint density at radius 3 is 2.43 bits per heavy atom. The molecule has 0 saturated heterocycles. The van der Waals surface area contributed by atoms with Crippen LogP contribution in [0.2, 0.25) is 0 Å². The maximum atomic E-state index is 9.40. The van der Waals surface area contributed by atoms with E-state index in [1.54, 1.807) is 7.11 Å². The summed E-state index contributed by atoms with van der Waals surface area (Å²) in [7, 11) is 1.66. The normalized spacial score (nSPS) is 12.5. The van der Waals surface area contributed by atoms with E-state index in [0.717, 1.165) is 25.0 Å². The smallest absolute Gasteiger partial charge is 0.118 e. The van der Waals surface area contributed by atoms with Crippen LogP contribution in [0.15, 0.2) is 24.3 Å². The number of hydrogen-bond acceptors (Lipinski definition) is 2. The van der Waals surface area contributed by atoms with E-state index < -0.39 is 0 Å². The lowest BCUT2D eigenvalue weighted by molar-refractivity contribution is 0.160. The van der Waals surface area contributed by atoms with Gasteiger partial charge in [-0.1, -0.05) is 19.1 Å². The van der Waals surface area contributed by atoms with Gasteiger partial charge >= 0.3 is 0 Å². The molecule has 0 aromatic heterocycles. The van der Waals surface area contributed by atoms with Crippen LogP contribution in [0.5, 0.6) is 5.75 Å². The SMILES string of the molecule is CC[C@H](O)CCc1ccc(OC)cc1. The topological polar surface area (TPSA) is 29.5 Å². The van der Waals surface area contributed by atoms with Crippen LogP contribution in [0.25, 0.3) is 0 Å². The van der Waals surface area contributed by atoms with Gasteiger partial charge in [0.2, 0.25) is 0 Å². The van der Waals surface area contributed by atoms with Crippen molar-refractivity contribution >= 4 is 0 Å². The van der Waals surface area contributed by atoms with E-state index in [-0.39, 0.29) is 6.10 Å². The third-order valence-corrected chi connectivity index (χ3v) is 2.40.